The minimum atomic E-state index is -1.65. The van der Waals surface area contributed by atoms with Gasteiger partial charge < -0.3 is 9.74 Å². The predicted molar refractivity (Wildman–Crippen MR) is 92.7 cm³/mol. The molecule has 5 nitrogen and oxygen atoms in total. The van der Waals surface area contributed by atoms with Gasteiger partial charge in [0.25, 0.3) is 0 Å². The monoisotopic (exact) mass is 342 g/mol. The van der Waals surface area contributed by atoms with Crippen molar-refractivity contribution in [2.24, 2.45) is 5.92 Å². The third kappa shape index (κ3) is 4.63. The Labute approximate surface area is 139 Å². The van der Waals surface area contributed by atoms with E-state index in [1.165, 1.54) is 12.7 Å². The van der Waals surface area contributed by atoms with Crippen LogP contribution in [0.15, 0.2) is 6.33 Å². The number of nitrogens with one attached hydrogen (secondary N) is 1. The highest BCUT2D eigenvalue weighted by atomic mass is 35.5. The number of aromatic nitrogens is 3. The molecule has 1 unspecified atom stereocenters. The number of rotatable bonds is 5. The van der Waals surface area contributed by atoms with Gasteiger partial charge in [-0.05, 0) is 54.9 Å². The zero-order valence-electron chi connectivity index (χ0n) is 14.2. The second kappa shape index (κ2) is 6.80. The molecule has 1 aliphatic rings. The summed E-state index contributed by atoms with van der Waals surface area (Å²) in [6, 6.07) is 0.395. The second-order valence-electron chi connectivity index (χ2n) is 7.67. The molecule has 22 heavy (non-hydrogen) atoms. The van der Waals surface area contributed by atoms with Gasteiger partial charge in [0.2, 0.25) is 11.2 Å². The summed E-state index contributed by atoms with van der Waals surface area (Å²) in [5, 5.41) is 3.85. The van der Waals surface area contributed by atoms with Crippen LogP contribution in [0.4, 0.5) is 5.95 Å². The lowest BCUT2D eigenvalue weighted by atomic mass is 10.1. The smallest absolute Gasteiger partial charge is 0.227 e. The summed E-state index contributed by atoms with van der Waals surface area (Å²) in [5.74, 6) is 1.18. The highest BCUT2D eigenvalue weighted by Gasteiger charge is 2.38. The Hall–Kier alpha value is -0.723. The largest absolute Gasteiger partial charge is 0.417 e. The fraction of sp³-hybridized carbons (Fsp3) is 0.800. The third-order valence-corrected chi connectivity index (χ3v) is 9.59. The summed E-state index contributed by atoms with van der Waals surface area (Å²) in [7, 11) is -1.65. The van der Waals surface area contributed by atoms with E-state index in [9.17, 15) is 0 Å². The molecule has 1 fully saturated rings. The molecule has 2 rings (SSSR count). The summed E-state index contributed by atoms with van der Waals surface area (Å²) >= 11 is 5.78. The van der Waals surface area contributed by atoms with E-state index in [2.05, 4.69) is 54.1 Å². The van der Waals surface area contributed by atoms with Crippen LogP contribution in [0.5, 0.6) is 0 Å². The topological polar surface area (TPSA) is 59.9 Å². The van der Waals surface area contributed by atoms with Crippen LogP contribution in [0, 0.1) is 5.92 Å². The molecule has 2 atom stereocenters. The van der Waals surface area contributed by atoms with Gasteiger partial charge in [0.05, 0.1) is 0 Å². The van der Waals surface area contributed by atoms with Crippen LogP contribution in [0.3, 0.4) is 0 Å². The molecule has 1 aromatic heterocycles. The molecule has 0 aromatic carbocycles. The highest BCUT2D eigenvalue weighted by Crippen LogP contribution is 2.38. The van der Waals surface area contributed by atoms with Crippen molar-refractivity contribution in [3.8, 4) is 0 Å². The lowest BCUT2D eigenvalue weighted by molar-refractivity contribution is 0.230. The maximum absolute atomic E-state index is 6.34. The summed E-state index contributed by atoms with van der Waals surface area (Å²) in [6.45, 7) is 12.3. The lowest BCUT2D eigenvalue weighted by Gasteiger charge is -2.37. The molecule has 124 valence electrons. The van der Waals surface area contributed by atoms with Crippen molar-refractivity contribution in [2.75, 3.05) is 11.9 Å². The molecule has 0 amide bonds. The van der Waals surface area contributed by atoms with Gasteiger partial charge in [0.1, 0.15) is 6.33 Å². The van der Waals surface area contributed by atoms with Crippen LogP contribution in [0.25, 0.3) is 0 Å². The van der Waals surface area contributed by atoms with Crippen LogP contribution >= 0.6 is 11.6 Å². The Bertz CT molecular complexity index is 507. The molecule has 0 spiro atoms. The van der Waals surface area contributed by atoms with Crippen LogP contribution in [-0.4, -0.2) is 35.9 Å². The predicted octanol–water partition coefficient (Wildman–Crippen LogP) is 4.13. The minimum absolute atomic E-state index is 0.230. The molecule has 0 aliphatic heterocycles. The van der Waals surface area contributed by atoms with Crippen LogP contribution in [0.1, 0.15) is 40.0 Å². The molecule has 1 N–H and O–H groups in total. The van der Waals surface area contributed by atoms with Gasteiger partial charge >= 0.3 is 0 Å². The molecular formula is C15H27ClN4OSi. The van der Waals surface area contributed by atoms with Gasteiger partial charge in [-0.25, -0.2) is 9.97 Å². The van der Waals surface area contributed by atoms with Crippen LogP contribution < -0.4 is 5.32 Å². The fourth-order valence-electron chi connectivity index (χ4n) is 2.43. The molecule has 1 aromatic rings. The quantitative estimate of drug-likeness (QED) is 0.815. The first-order valence-corrected chi connectivity index (χ1v) is 11.2. The van der Waals surface area contributed by atoms with Crippen molar-refractivity contribution < 1.29 is 4.43 Å². The van der Waals surface area contributed by atoms with E-state index in [-0.39, 0.29) is 10.3 Å². The standard InChI is InChI=1S/C15H27ClN4OSi/c1-15(2,3)22(4,5)21-9-11-6-7-12(8-11)19-14-18-10-17-13(16)20-14/h10-12H,6-9H2,1-5H3,(H,17,18,19,20)/t11?,12-/m0/s1. The average Bonchev–Trinajstić information content (AvgIpc) is 2.83. The molecule has 0 saturated heterocycles. The Morgan fingerprint density at radius 2 is 2.05 bits per heavy atom. The zero-order valence-corrected chi connectivity index (χ0v) is 15.9. The highest BCUT2D eigenvalue weighted by molar-refractivity contribution is 6.74. The Morgan fingerprint density at radius 1 is 1.32 bits per heavy atom. The van der Waals surface area contributed by atoms with E-state index in [0.717, 1.165) is 19.4 Å². The first-order chi connectivity index (χ1) is 10.2. The number of nitrogens with zero attached hydrogens (tertiary/aromatic N) is 3. The summed E-state index contributed by atoms with van der Waals surface area (Å²) in [4.78, 5) is 12.0. The van der Waals surface area contributed by atoms with Crippen molar-refractivity contribution in [1.82, 2.24) is 15.0 Å². The lowest BCUT2D eigenvalue weighted by Crippen LogP contribution is -2.41. The summed E-state index contributed by atoms with van der Waals surface area (Å²) < 4.78 is 6.34. The first kappa shape index (κ1) is 17.6. The number of anilines is 1. The van der Waals surface area contributed by atoms with E-state index in [1.54, 1.807) is 0 Å². The number of halogens is 1. The molecular weight excluding hydrogens is 316 g/mol. The number of hydrogen-bond acceptors (Lipinski definition) is 5. The number of hydrogen-bond donors (Lipinski definition) is 1. The van der Waals surface area contributed by atoms with Crippen molar-refractivity contribution in [3.63, 3.8) is 0 Å². The van der Waals surface area contributed by atoms with Gasteiger partial charge in [-0.2, -0.15) is 4.98 Å². The van der Waals surface area contributed by atoms with Crippen molar-refractivity contribution in [1.29, 1.82) is 0 Å². The van der Waals surface area contributed by atoms with Gasteiger partial charge in [0.15, 0.2) is 8.32 Å². The molecule has 1 aliphatic carbocycles. The molecule has 1 saturated carbocycles. The van der Waals surface area contributed by atoms with Gasteiger partial charge in [-0.15, -0.1) is 0 Å². The van der Waals surface area contributed by atoms with Crippen LogP contribution in [0.2, 0.25) is 23.4 Å². The summed E-state index contributed by atoms with van der Waals surface area (Å²) in [6.07, 6.45) is 4.84. The zero-order chi connectivity index (χ0) is 16.4. The minimum Gasteiger partial charge on any atom is -0.417 e. The second-order valence-corrected chi connectivity index (χ2v) is 12.8. The van der Waals surface area contributed by atoms with Crippen molar-refractivity contribution in [2.45, 2.75) is 64.2 Å². The maximum Gasteiger partial charge on any atom is 0.227 e. The van der Waals surface area contributed by atoms with E-state index >= 15 is 0 Å². The van der Waals surface area contributed by atoms with Crippen LogP contribution in [-0.2, 0) is 4.43 Å². The van der Waals surface area contributed by atoms with Gasteiger partial charge in [-0.1, -0.05) is 20.8 Å². The van der Waals surface area contributed by atoms with E-state index in [1.807, 2.05) is 0 Å². The summed E-state index contributed by atoms with van der Waals surface area (Å²) in [5.41, 5.74) is 0. The first-order valence-electron chi connectivity index (χ1n) is 7.92. The Kier molecular flexibility index (Phi) is 5.45. The fourth-order valence-corrected chi connectivity index (χ4v) is 3.64. The maximum atomic E-state index is 6.34. The normalized spacial score (nSPS) is 22.8. The SMILES string of the molecule is CC(C)(C)[Si](C)(C)OCC1CC[C@H](Nc2ncnc(Cl)n2)C1. The van der Waals surface area contributed by atoms with E-state index < -0.39 is 8.32 Å². The third-order valence-electron chi connectivity index (χ3n) is 4.90. The van der Waals surface area contributed by atoms with Crippen molar-refractivity contribution >= 4 is 25.9 Å². The molecule has 0 bridgehead atoms. The van der Waals surface area contributed by atoms with Crippen molar-refractivity contribution in [3.05, 3.63) is 11.6 Å². The van der Waals surface area contributed by atoms with E-state index in [4.69, 9.17) is 16.0 Å². The molecule has 0 radical (unpaired) electrons. The Morgan fingerprint density at radius 3 is 2.68 bits per heavy atom. The molecule has 7 heteroatoms. The molecule has 1 heterocycles. The van der Waals surface area contributed by atoms with Gasteiger partial charge in [0, 0.05) is 12.6 Å². The van der Waals surface area contributed by atoms with Gasteiger partial charge in [-0.3, -0.25) is 0 Å². The Balaban J connectivity index is 1.81. The van der Waals surface area contributed by atoms with E-state index in [0.29, 0.717) is 17.9 Å². The average molecular weight is 343 g/mol.